The van der Waals surface area contributed by atoms with Crippen LogP contribution < -0.4 is 5.73 Å². The molecule has 0 saturated heterocycles. The molecule has 1 aromatic heterocycles. The highest BCUT2D eigenvalue weighted by Gasteiger charge is 2.24. The van der Waals surface area contributed by atoms with Crippen LogP contribution in [0, 0.1) is 5.82 Å². The van der Waals surface area contributed by atoms with Crippen LogP contribution in [0.2, 0.25) is 0 Å². The maximum atomic E-state index is 13.5. The molecule has 3 nitrogen and oxygen atoms in total. The molecule has 0 bridgehead atoms. The molecule has 0 aliphatic heterocycles. The van der Waals surface area contributed by atoms with Crippen LogP contribution in [0.1, 0.15) is 23.1 Å². The minimum Gasteiger partial charge on any atom is -0.388 e. The van der Waals surface area contributed by atoms with E-state index in [9.17, 15) is 9.50 Å². The van der Waals surface area contributed by atoms with Crippen molar-refractivity contribution in [1.29, 1.82) is 0 Å². The normalized spacial score (nSPS) is 14.1. The first-order chi connectivity index (χ1) is 9.15. The molecule has 0 saturated carbocycles. The average molecular weight is 325 g/mol. The summed E-state index contributed by atoms with van der Waals surface area (Å²) in [6.07, 6.45) is 2.41. The number of pyridine rings is 1. The smallest absolute Gasteiger partial charge is 0.137 e. The summed E-state index contributed by atoms with van der Waals surface area (Å²) in [5.74, 6) is -0.705. The summed E-state index contributed by atoms with van der Waals surface area (Å²) in [6.45, 7) is 0.258. The largest absolute Gasteiger partial charge is 0.388 e. The summed E-state index contributed by atoms with van der Waals surface area (Å²) >= 11 is 3.16. The summed E-state index contributed by atoms with van der Waals surface area (Å²) in [7, 11) is 0. The number of aliphatic hydroxyl groups is 1. The molecule has 2 aromatic rings. The van der Waals surface area contributed by atoms with Crippen LogP contribution in [0.3, 0.4) is 0 Å². The van der Waals surface area contributed by atoms with Crippen LogP contribution in [0.5, 0.6) is 0 Å². The second-order valence-corrected chi connectivity index (χ2v) is 5.00. The Balaban J connectivity index is 2.36. The Morgan fingerprint density at radius 2 is 1.95 bits per heavy atom. The fourth-order valence-electron chi connectivity index (χ4n) is 2.02. The van der Waals surface area contributed by atoms with Gasteiger partial charge >= 0.3 is 0 Å². The van der Waals surface area contributed by atoms with Gasteiger partial charge in [-0.1, -0.05) is 12.1 Å². The van der Waals surface area contributed by atoms with Gasteiger partial charge in [-0.05, 0) is 45.3 Å². The molecule has 5 heteroatoms. The van der Waals surface area contributed by atoms with Crippen molar-refractivity contribution in [3.63, 3.8) is 0 Å². The number of hydrogen-bond donors (Lipinski definition) is 2. The summed E-state index contributed by atoms with van der Waals surface area (Å²) in [4.78, 5) is 3.93. The second-order valence-electron chi connectivity index (χ2n) is 4.21. The lowest BCUT2D eigenvalue weighted by molar-refractivity contribution is 0.146. The zero-order valence-electron chi connectivity index (χ0n) is 10.1. The van der Waals surface area contributed by atoms with Gasteiger partial charge in [-0.15, -0.1) is 0 Å². The van der Waals surface area contributed by atoms with Crippen molar-refractivity contribution >= 4 is 15.9 Å². The fraction of sp³-hybridized carbons (Fsp3) is 0.214. The van der Waals surface area contributed by atoms with Gasteiger partial charge < -0.3 is 10.8 Å². The molecule has 2 unspecified atom stereocenters. The van der Waals surface area contributed by atoms with Gasteiger partial charge in [-0.3, -0.25) is 4.98 Å². The number of hydrogen-bond acceptors (Lipinski definition) is 3. The zero-order chi connectivity index (χ0) is 13.8. The van der Waals surface area contributed by atoms with E-state index < -0.39 is 11.9 Å². The number of benzene rings is 1. The van der Waals surface area contributed by atoms with Crippen molar-refractivity contribution in [1.82, 2.24) is 4.98 Å². The minimum absolute atomic E-state index is 0.258. The van der Waals surface area contributed by atoms with Crippen molar-refractivity contribution in [3.8, 4) is 0 Å². The number of nitrogens with zero attached hydrogens (tertiary/aromatic N) is 1. The zero-order valence-corrected chi connectivity index (χ0v) is 11.7. The Bertz CT molecular complexity index is 550. The van der Waals surface area contributed by atoms with E-state index in [0.717, 1.165) is 5.56 Å². The van der Waals surface area contributed by atoms with Crippen molar-refractivity contribution in [2.24, 2.45) is 5.73 Å². The predicted molar refractivity (Wildman–Crippen MR) is 75.1 cm³/mol. The number of halogens is 2. The molecular weight excluding hydrogens is 311 g/mol. The molecule has 0 aliphatic rings. The summed E-state index contributed by atoms with van der Waals surface area (Å²) in [5, 5.41) is 10.4. The standard InChI is InChI=1S/C14H14BrFN2O/c15-13-10(2-1-3-12(13)16)14(19)11(8-17)9-4-6-18-7-5-9/h1-7,11,14,19H,8,17H2. The number of aliphatic hydroxyl groups excluding tert-OH is 1. The molecule has 0 spiro atoms. The highest BCUT2D eigenvalue weighted by molar-refractivity contribution is 9.10. The van der Waals surface area contributed by atoms with E-state index in [4.69, 9.17) is 5.73 Å². The first-order valence-corrected chi connectivity index (χ1v) is 6.66. The lowest BCUT2D eigenvalue weighted by atomic mass is 9.90. The first kappa shape index (κ1) is 14.1. The Kier molecular flexibility index (Phi) is 4.63. The molecule has 1 aromatic carbocycles. The lowest BCUT2D eigenvalue weighted by Crippen LogP contribution is -2.20. The van der Waals surface area contributed by atoms with E-state index in [2.05, 4.69) is 20.9 Å². The van der Waals surface area contributed by atoms with E-state index in [-0.39, 0.29) is 16.9 Å². The van der Waals surface area contributed by atoms with E-state index in [1.54, 1.807) is 36.7 Å². The quantitative estimate of drug-likeness (QED) is 0.909. The van der Waals surface area contributed by atoms with Crippen molar-refractivity contribution < 1.29 is 9.50 Å². The molecule has 0 amide bonds. The van der Waals surface area contributed by atoms with Gasteiger partial charge in [0.1, 0.15) is 5.82 Å². The molecule has 2 rings (SSSR count). The topological polar surface area (TPSA) is 59.1 Å². The van der Waals surface area contributed by atoms with E-state index >= 15 is 0 Å². The minimum atomic E-state index is -0.877. The van der Waals surface area contributed by atoms with Gasteiger partial charge in [0.25, 0.3) is 0 Å². The maximum Gasteiger partial charge on any atom is 0.137 e. The highest BCUT2D eigenvalue weighted by Crippen LogP contribution is 2.34. The third kappa shape index (κ3) is 3.00. The highest BCUT2D eigenvalue weighted by atomic mass is 79.9. The van der Waals surface area contributed by atoms with Gasteiger partial charge in [0.2, 0.25) is 0 Å². The Hall–Kier alpha value is -1.30. The van der Waals surface area contributed by atoms with E-state index in [0.29, 0.717) is 5.56 Å². The van der Waals surface area contributed by atoms with Crippen LogP contribution in [-0.4, -0.2) is 16.6 Å². The Morgan fingerprint density at radius 1 is 1.26 bits per heavy atom. The van der Waals surface area contributed by atoms with Crippen LogP contribution in [0.25, 0.3) is 0 Å². The number of aromatic nitrogens is 1. The van der Waals surface area contributed by atoms with Crippen LogP contribution >= 0.6 is 15.9 Å². The number of nitrogens with two attached hydrogens (primary N) is 1. The Labute approximate surface area is 119 Å². The molecule has 0 fully saturated rings. The molecule has 100 valence electrons. The SMILES string of the molecule is NCC(c1ccncc1)C(O)c1cccc(F)c1Br. The van der Waals surface area contributed by atoms with Gasteiger partial charge in [0.05, 0.1) is 10.6 Å². The molecule has 19 heavy (non-hydrogen) atoms. The number of rotatable bonds is 4. The third-order valence-corrected chi connectivity index (χ3v) is 3.91. The molecule has 2 atom stereocenters. The summed E-state index contributed by atoms with van der Waals surface area (Å²) in [6, 6.07) is 8.19. The van der Waals surface area contributed by atoms with Crippen molar-refractivity contribution in [2.45, 2.75) is 12.0 Å². The molecular formula is C14H14BrFN2O. The summed E-state index contributed by atoms with van der Waals surface area (Å²) in [5.41, 5.74) is 7.11. The molecule has 3 N–H and O–H groups in total. The average Bonchev–Trinajstić information content (AvgIpc) is 2.44. The predicted octanol–water partition coefficient (Wildman–Crippen LogP) is 2.76. The van der Waals surface area contributed by atoms with Gasteiger partial charge in [-0.2, -0.15) is 0 Å². The molecule has 0 radical (unpaired) electrons. The van der Waals surface area contributed by atoms with Crippen LogP contribution in [0.15, 0.2) is 47.2 Å². The van der Waals surface area contributed by atoms with Crippen LogP contribution in [-0.2, 0) is 0 Å². The third-order valence-electron chi connectivity index (χ3n) is 3.07. The second kappa shape index (κ2) is 6.23. The van der Waals surface area contributed by atoms with Crippen molar-refractivity contribution in [2.75, 3.05) is 6.54 Å². The molecule has 0 aliphatic carbocycles. The summed E-state index contributed by atoms with van der Waals surface area (Å²) < 4.78 is 13.8. The van der Waals surface area contributed by atoms with Gasteiger partial charge in [0.15, 0.2) is 0 Å². The van der Waals surface area contributed by atoms with Gasteiger partial charge in [0, 0.05) is 24.9 Å². The Morgan fingerprint density at radius 3 is 2.58 bits per heavy atom. The van der Waals surface area contributed by atoms with Crippen molar-refractivity contribution in [3.05, 3.63) is 64.1 Å². The van der Waals surface area contributed by atoms with E-state index in [1.165, 1.54) is 6.07 Å². The molecule has 1 heterocycles. The van der Waals surface area contributed by atoms with Crippen LogP contribution in [0.4, 0.5) is 4.39 Å². The fourth-order valence-corrected chi connectivity index (χ4v) is 2.52. The lowest BCUT2D eigenvalue weighted by Gasteiger charge is -2.23. The van der Waals surface area contributed by atoms with Gasteiger partial charge in [-0.25, -0.2) is 4.39 Å². The first-order valence-electron chi connectivity index (χ1n) is 5.87. The maximum absolute atomic E-state index is 13.5. The monoisotopic (exact) mass is 324 g/mol. The van der Waals surface area contributed by atoms with E-state index in [1.807, 2.05) is 0 Å².